The third-order valence-corrected chi connectivity index (χ3v) is 3.91. The van der Waals surface area contributed by atoms with Gasteiger partial charge in [-0.2, -0.15) is 0 Å². The maximum atomic E-state index is 13.3. The van der Waals surface area contributed by atoms with Crippen molar-refractivity contribution in [3.8, 4) is 0 Å². The topological polar surface area (TPSA) is 56.2 Å². The van der Waals surface area contributed by atoms with Crippen molar-refractivity contribution in [2.24, 2.45) is 5.92 Å². The van der Waals surface area contributed by atoms with E-state index < -0.39 is 6.10 Å². The zero-order chi connectivity index (χ0) is 15.0. The molecule has 112 valence electrons. The van der Waals surface area contributed by atoms with Gasteiger partial charge >= 0.3 is 0 Å². The largest absolute Gasteiger partial charge is 0.368 e. The molecule has 1 saturated heterocycles. The molecule has 2 atom stereocenters. The molecule has 0 spiro atoms. The first-order valence-electron chi connectivity index (χ1n) is 7.18. The highest BCUT2D eigenvalue weighted by molar-refractivity contribution is 5.94. The van der Waals surface area contributed by atoms with E-state index in [0.29, 0.717) is 24.6 Å². The van der Waals surface area contributed by atoms with Crippen molar-refractivity contribution in [1.82, 2.24) is 9.55 Å². The summed E-state index contributed by atoms with van der Waals surface area (Å²) in [6.45, 7) is 5.19. The van der Waals surface area contributed by atoms with Crippen LogP contribution in [0.3, 0.4) is 0 Å². The van der Waals surface area contributed by atoms with Crippen LogP contribution in [0.5, 0.6) is 0 Å². The molecule has 2 heterocycles. The van der Waals surface area contributed by atoms with Crippen molar-refractivity contribution >= 4 is 22.9 Å². The SMILES string of the molecule is CCn1c(NC(=O)[C@@H]2OCC[C@@H]2C)nc2cc(F)ccc21. The molecule has 0 aliphatic carbocycles. The lowest BCUT2D eigenvalue weighted by molar-refractivity contribution is -0.126. The van der Waals surface area contributed by atoms with Crippen LogP contribution in [-0.4, -0.2) is 28.2 Å². The summed E-state index contributed by atoms with van der Waals surface area (Å²) < 4.78 is 20.6. The molecule has 1 N–H and O–H groups in total. The van der Waals surface area contributed by atoms with Crippen molar-refractivity contribution < 1.29 is 13.9 Å². The van der Waals surface area contributed by atoms with Crippen LogP contribution in [0.15, 0.2) is 18.2 Å². The van der Waals surface area contributed by atoms with Crippen molar-refractivity contribution in [3.63, 3.8) is 0 Å². The van der Waals surface area contributed by atoms with Gasteiger partial charge in [-0.25, -0.2) is 9.37 Å². The number of fused-ring (bicyclic) bond motifs is 1. The quantitative estimate of drug-likeness (QED) is 0.945. The Kier molecular flexibility index (Phi) is 3.63. The highest BCUT2D eigenvalue weighted by Gasteiger charge is 2.31. The molecule has 3 rings (SSSR count). The molecule has 1 aromatic heterocycles. The molecule has 6 heteroatoms. The van der Waals surface area contributed by atoms with E-state index in [9.17, 15) is 9.18 Å². The first kappa shape index (κ1) is 14.0. The average molecular weight is 291 g/mol. The maximum absolute atomic E-state index is 13.3. The number of rotatable bonds is 3. The van der Waals surface area contributed by atoms with E-state index in [4.69, 9.17) is 4.74 Å². The maximum Gasteiger partial charge on any atom is 0.256 e. The molecule has 0 bridgehead atoms. The second-order valence-electron chi connectivity index (χ2n) is 5.36. The van der Waals surface area contributed by atoms with E-state index in [1.807, 2.05) is 18.4 Å². The number of carbonyl (C=O) groups excluding carboxylic acids is 1. The van der Waals surface area contributed by atoms with E-state index in [1.165, 1.54) is 12.1 Å². The van der Waals surface area contributed by atoms with Gasteiger partial charge in [-0.05, 0) is 31.4 Å². The Bertz CT molecular complexity index is 683. The number of halogens is 1. The first-order valence-corrected chi connectivity index (χ1v) is 7.18. The molecular formula is C15H18FN3O2. The number of imidazole rings is 1. The molecule has 1 amide bonds. The first-order chi connectivity index (χ1) is 10.1. The Morgan fingerprint density at radius 1 is 1.57 bits per heavy atom. The molecular weight excluding hydrogens is 273 g/mol. The Balaban J connectivity index is 1.91. The van der Waals surface area contributed by atoms with Crippen LogP contribution >= 0.6 is 0 Å². The van der Waals surface area contributed by atoms with Gasteiger partial charge in [0.2, 0.25) is 5.95 Å². The fraction of sp³-hybridized carbons (Fsp3) is 0.467. The Morgan fingerprint density at radius 3 is 3.05 bits per heavy atom. The van der Waals surface area contributed by atoms with E-state index in [0.717, 1.165) is 11.9 Å². The Labute approximate surface area is 122 Å². The number of anilines is 1. The number of aromatic nitrogens is 2. The standard InChI is InChI=1S/C15H18FN3O2/c1-3-19-12-5-4-10(16)8-11(12)17-15(19)18-14(20)13-9(2)6-7-21-13/h4-5,8-9,13H,3,6-7H2,1-2H3,(H,17,18,20)/t9-,13+/m0/s1. The minimum absolute atomic E-state index is 0.189. The fourth-order valence-corrected chi connectivity index (χ4v) is 2.73. The molecule has 0 unspecified atom stereocenters. The number of nitrogens with zero attached hydrogens (tertiary/aromatic N) is 2. The zero-order valence-electron chi connectivity index (χ0n) is 12.1. The van der Waals surface area contributed by atoms with Gasteiger partial charge in [-0.15, -0.1) is 0 Å². The van der Waals surface area contributed by atoms with Crippen molar-refractivity contribution in [3.05, 3.63) is 24.0 Å². The summed E-state index contributed by atoms with van der Waals surface area (Å²) in [5.74, 6) is 0.104. The molecule has 0 saturated carbocycles. The van der Waals surface area contributed by atoms with E-state index >= 15 is 0 Å². The smallest absolute Gasteiger partial charge is 0.256 e. The van der Waals surface area contributed by atoms with Gasteiger partial charge in [-0.1, -0.05) is 6.92 Å². The number of hydrogen-bond acceptors (Lipinski definition) is 3. The van der Waals surface area contributed by atoms with Gasteiger partial charge in [0.1, 0.15) is 11.9 Å². The second-order valence-corrected chi connectivity index (χ2v) is 5.36. The molecule has 1 aliphatic heterocycles. The lowest BCUT2D eigenvalue weighted by Gasteiger charge is -2.14. The molecule has 1 fully saturated rings. The summed E-state index contributed by atoms with van der Waals surface area (Å²) in [5, 5.41) is 2.81. The van der Waals surface area contributed by atoms with Crippen molar-refractivity contribution in [1.29, 1.82) is 0 Å². The molecule has 0 radical (unpaired) electrons. The highest BCUT2D eigenvalue weighted by atomic mass is 19.1. The number of benzene rings is 1. The third-order valence-electron chi connectivity index (χ3n) is 3.91. The van der Waals surface area contributed by atoms with Crippen LogP contribution < -0.4 is 5.32 Å². The molecule has 1 aliphatic rings. The summed E-state index contributed by atoms with van der Waals surface area (Å²) in [5.41, 5.74) is 1.34. The monoisotopic (exact) mass is 291 g/mol. The zero-order valence-corrected chi connectivity index (χ0v) is 12.1. The summed E-state index contributed by atoms with van der Waals surface area (Å²) in [4.78, 5) is 16.6. The summed E-state index contributed by atoms with van der Waals surface area (Å²) >= 11 is 0. The number of carbonyl (C=O) groups is 1. The van der Waals surface area contributed by atoms with Crippen molar-refractivity contribution in [2.75, 3.05) is 11.9 Å². The van der Waals surface area contributed by atoms with Crippen LogP contribution in [0, 0.1) is 11.7 Å². The third kappa shape index (κ3) is 2.51. The number of ether oxygens (including phenoxy) is 1. The van der Waals surface area contributed by atoms with E-state index in [2.05, 4.69) is 10.3 Å². The summed E-state index contributed by atoms with van der Waals surface area (Å²) in [7, 11) is 0. The van der Waals surface area contributed by atoms with Crippen LogP contribution in [0.1, 0.15) is 20.3 Å². The highest BCUT2D eigenvalue weighted by Crippen LogP contribution is 2.24. The molecule has 21 heavy (non-hydrogen) atoms. The van der Waals surface area contributed by atoms with Gasteiger partial charge in [0.25, 0.3) is 5.91 Å². The normalized spacial score (nSPS) is 21.9. The Morgan fingerprint density at radius 2 is 2.38 bits per heavy atom. The number of amides is 1. The molecule has 2 aromatic rings. The minimum Gasteiger partial charge on any atom is -0.368 e. The number of hydrogen-bond donors (Lipinski definition) is 1. The van der Waals surface area contributed by atoms with E-state index in [1.54, 1.807) is 6.07 Å². The average Bonchev–Trinajstić information content (AvgIpc) is 3.01. The predicted molar refractivity (Wildman–Crippen MR) is 77.5 cm³/mol. The van der Waals surface area contributed by atoms with Gasteiger partial charge in [0.05, 0.1) is 11.0 Å². The minimum atomic E-state index is -0.438. The number of nitrogens with one attached hydrogen (secondary N) is 1. The van der Waals surface area contributed by atoms with Gasteiger partial charge in [0.15, 0.2) is 0 Å². The van der Waals surface area contributed by atoms with Crippen LogP contribution in [0.25, 0.3) is 11.0 Å². The van der Waals surface area contributed by atoms with E-state index in [-0.39, 0.29) is 17.6 Å². The van der Waals surface area contributed by atoms with Gasteiger partial charge < -0.3 is 9.30 Å². The lowest BCUT2D eigenvalue weighted by atomic mass is 10.0. The molecule has 5 nitrogen and oxygen atoms in total. The summed E-state index contributed by atoms with van der Waals surface area (Å²) in [6.07, 6.45) is 0.444. The Hall–Kier alpha value is -1.95. The number of aryl methyl sites for hydroxylation is 1. The van der Waals surface area contributed by atoms with Crippen LogP contribution in [0.4, 0.5) is 10.3 Å². The van der Waals surface area contributed by atoms with Crippen LogP contribution in [0.2, 0.25) is 0 Å². The predicted octanol–water partition coefficient (Wildman–Crippen LogP) is 2.56. The fourth-order valence-electron chi connectivity index (χ4n) is 2.73. The van der Waals surface area contributed by atoms with Crippen LogP contribution in [-0.2, 0) is 16.1 Å². The lowest BCUT2D eigenvalue weighted by Crippen LogP contribution is -2.32. The molecule has 1 aromatic carbocycles. The van der Waals surface area contributed by atoms with Gasteiger partial charge in [-0.3, -0.25) is 10.1 Å². The van der Waals surface area contributed by atoms with Gasteiger partial charge in [0, 0.05) is 19.2 Å². The summed E-state index contributed by atoms with van der Waals surface area (Å²) in [6, 6.07) is 4.43. The second kappa shape index (κ2) is 5.44. The van der Waals surface area contributed by atoms with Crippen molar-refractivity contribution in [2.45, 2.75) is 32.9 Å².